The van der Waals surface area contributed by atoms with Crippen molar-refractivity contribution in [2.24, 2.45) is 0 Å². The molecule has 1 atom stereocenters. The fraction of sp³-hybridized carbons (Fsp3) is 0.526. The summed E-state index contributed by atoms with van der Waals surface area (Å²) in [5.41, 5.74) is -1.28. The standard InChI is InChI=1S/C19H23F2N3O5/c1-19(2,3)29-18(28)22-9-7-24(8-9)12-6-11(20)14(15(21)16(12)26)10-4-5-13(25)23-17(10)27/h6,9-10,26H,4-5,7-8H2,1-3H3,(H,22,28)(H,23,25,27). The third-order valence-electron chi connectivity index (χ3n) is 4.74. The SMILES string of the molecule is CC(C)(C)OC(=O)NC1CN(c2cc(F)c(C3CCC(=O)NC3=O)c(F)c2O)C1. The molecule has 3 N–H and O–H groups in total. The van der Waals surface area contributed by atoms with E-state index in [9.17, 15) is 28.3 Å². The zero-order valence-corrected chi connectivity index (χ0v) is 16.3. The van der Waals surface area contributed by atoms with E-state index in [1.54, 1.807) is 20.8 Å². The van der Waals surface area contributed by atoms with Crippen molar-refractivity contribution in [2.45, 2.75) is 51.2 Å². The fourth-order valence-corrected chi connectivity index (χ4v) is 3.38. The molecule has 1 aromatic rings. The second kappa shape index (κ2) is 7.49. The van der Waals surface area contributed by atoms with Crippen LogP contribution in [-0.4, -0.2) is 47.7 Å². The number of halogens is 2. The summed E-state index contributed by atoms with van der Waals surface area (Å²) in [6.45, 7) is 5.64. The molecule has 0 bridgehead atoms. The number of imide groups is 1. The van der Waals surface area contributed by atoms with E-state index in [4.69, 9.17) is 4.74 Å². The molecular weight excluding hydrogens is 388 g/mol. The Bertz CT molecular complexity index is 862. The van der Waals surface area contributed by atoms with Gasteiger partial charge in [-0.2, -0.15) is 0 Å². The highest BCUT2D eigenvalue weighted by molar-refractivity contribution is 6.01. The zero-order valence-electron chi connectivity index (χ0n) is 16.3. The number of amides is 3. The van der Waals surface area contributed by atoms with E-state index in [0.29, 0.717) is 0 Å². The van der Waals surface area contributed by atoms with Crippen LogP contribution in [-0.2, 0) is 14.3 Å². The number of aromatic hydroxyl groups is 1. The average Bonchev–Trinajstić information content (AvgIpc) is 2.54. The largest absolute Gasteiger partial charge is 0.503 e. The minimum Gasteiger partial charge on any atom is -0.503 e. The molecule has 158 valence electrons. The van der Waals surface area contributed by atoms with Gasteiger partial charge in [-0.25, -0.2) is 13.6 Å². The lowest BCUT2D eigenvalue weighted by atomic mass is 9.89. The van der Waals surface area contributed by atoms with E-state index in [0.717, 1.165) is 6.07 Å². The Morgan fingerprint density at radius 3 is 2.55 bits per heavy atom. The summed E-state index contributed by atoms with van der Waals surface area (Å²) in [6.07, 6.45) is -0.679. The third-order valence-corrected chi connectivity index (χ3v) is 4.74. The van der Waals surface area contributed by atoms with Crippen molar-refractivity contribution in [3.8, 4) is 5.75 Å². The van der Waals surface area contributed by atoms with Gasteiger partial charge in [0.25, 0.3) is 0 Å². The molecule has 2 fully saturated rings. The van der Waals surface area contributed by atoms with E-state index >= 15 is 0 Å². The van der Waals surface area contributed by atoms with Crippen LogP contribution >= 0.6 is 0 Å². The van der Waals surface area contributed by atoms with Crippen LogP contribution in [0, 0.1) is 11.6 Å². The average molecular weight is 411 g/mol. The summed E-state index contributed by atoms with van der Waals surface area (Å²) in [5, 5.41) is 14.9. The van der Waals surface area contributed by atoms with E-state index in [-0.39, 0.29) is 37.7 Å². The highest BCUT2D eigenvalue weighted by Gasteiger charge is 2.37. The van der Waals surface area contributed by atoms with Crippen molar-refractivity contribution in [1.29, 1.82) is 0 Å². The Balaban J connectivity index is 1.71. The molecule has 2 heterocycles. The number of hydrogen-bond acceptors (Lipinski definition) is 6. The number of phenolic OH excluding ortho intramolecular Hbond substituents is 1. The van der Waals surface area contributed by atoms with Gasteiger partial charge in [-0.3, -0.25) is 14.9 Å². The number of alkyl carbamates (subject to hydrolysis) is 1. The molecule has 0 aromatic heterocycles. The van der Waals surface area contributed by atoms with Gasteiger partial charge in [0.05, 0.1) is 17.6 Å². The van der Waals surface area contributed by atoms with Gasteiger partial charge < -0.3 is 20.1 Å². The molecule has 29 heavy (non-hydrogen) atoms. The quantitative estimate of drug-likeness (QED) is 0.656. The predicted molar refractivity (Wildman–Crippen MR) is 98.5 cm³/mol. The first-order chi connectivity index (χ1) is 13.5. The maximum Gasteiger partial charge on any atom is 0.407 e. The number of hydrogen-bond donors (Lipinski definition) is 3. The lowest BCUT2D eigenvalue weighted by molar-refractivity contribution is -0.134. The van der Waals surface area contributed by atoms with Gasteiger partial charge >= 0.3 is 6.09 Å². The van der Waals surface area contributed by atoms with Crippen LogP contribution in [0.25, 0.3) is 0 Å². The molecule has 0 radical (unpaired) electrons. The number of carbonyl (C=O) groups is 3. The van der Waals surface area contributed by atoms with Crippen molar-refractivity contribution in [3.63, 3.8) is 0 Å². The van der Waals surface area contributed by atoms with Crippen LogP contribution in [0.5, 0.6) is 5.75 Å². The van der Waals surface area contributed by atoms with Gasteiger partial charge in [-0.15, -0.1) is 0 Å². The Morgan fingerprint density at radius 1 is 1.31 bits per heavy atom. The van der Waals surface area contributed by atoms with Crippen molar-refractivity contribution >= 4 is 23.6 Å². The second-order valence-corrected chi connectivity index (χ2v) is 8.21. The molecule has 3 amide bonds. The van der Waals surface area contributed by atoms with Gasteiger partial charge in [0.1, 0.15) is 11.4 Å². The number of anilines is 1. The second-order valence-electron chi connectivity index (χ2n) is 8.21. The number of piperidine rings is 1. The summed E-state index contributed by atoms with van der Waals surface area (Å²) in [4.78, 5) is 36.5. The Morgan fingerprint density at radius 2 is 1.97 bits per heavy atom. The fourth-order valence-electron chi connectivity index (χ4n) is 3.38. The molecule has 8 nitrogen and oxygen atoms in total. The topological polar surface area (TPSA) is 108 Å². The van der Waals surface area contributed by atoms with Crippen LogP contribution in [0.4, 0.5) is 19.3 Å². The number of nitrogens with one attached hydrogen (secondary N) is 2. The Hall–Kier alpha value is -2.91. The van der Waals surface area contributed by atoms with E-state index in [2.05, 4.69) is 5.32 Å². The molecular formula is C19H23F2N3O5. The maximum absolute atomic E-state index is 14.7. The number of nitrogens with zero attached hydrogens (tertiary/aromatic N) is 1. The van der Waals surface area contributed by atoms with Crippen LogP contribution in [0.1, 0.15) is 45.1 Å². The smallest absolute Gasteiger partial charge is 0.407 e. The highest BCUT2D eigenvalue weighted by atomic mass is 19.1. The summed E-state index contributed by atoms with van der Waals surface area (Å²) < 4.78 is 34.5. The first kappa shape index (κ1) is 20.8. The number of phenols is 1. The van der Waals surface area contributed by atoms with Gasteiger partial charge in [-0.05, 0) is 27.2 Å². The number of rotatable bonds is 3. The number of ether oxygens (including phenoxy) is 1. The summed E-state index contributed by atoms with van der Waals surface area (Å²) >= 11 is 0. The molecule has 10 heteroatoms. The molecule has 0 saturated carbocycles. The van der Waals surface area contributed by atoms with Gasteiger partial charge in [0.2, 0.25) is 11.8 Å². The van der Waals surface area contributed by atoms with Crippen LogP contribution in [0.2, 0.25) is 0 Å². The summed E-state index contributed by atoms with van der Waals surface area (Å²) in [5.74, 6) is -5.47. The van der Waals surface area contributed by atoms with Crippen molar-refractivity contribution in [3.05, 3.63) is 23.3 Å². The van der Waals surface area contributed by atoms with Crippen molar-refractivity contribution in [2.75, 3.05) is 18.0 Å². The Kier molecular flexibility index (Phi) is 5.38. The maximum atomic E-state index is 14.7. The van der Waals surface area contributed by atoms with Gasteiger partial charge in [0.15, 0.2) is 11.6 Å². The summed E-state index contributed by atoms with van der Waals surface area (Å²) in [6, 6.07) is 0.659. The number of carbonyl (C=O) groups excluding carboxylic acids is 3. The van der Waals surface area contributed by atoms with Gasteiger partial charge in [-0.1, -0.05) is 0 Å². The first-order valence-electron chi connectivity index (χ1n) is 9.25. The molecule has 1 aromatic carbocycles. The monoisotopic (exact) mass is 411 g/mol. The van der Waals surface area contributed by atoms with E-state index < -0.39 is 52.4 Å². The molecule has 1 unspecified atom stereocenters. The predicted octanol–water partition coefficient (Wildman–Crippen LogP) is 1.90. The minimum absolute atomic E-state index is 0.0388. The highest BCUT2D eigenvalue weighted by Crippen LogP contribution is 2.40. The van der Waals surface area contributed by atoms with E-state index in [1.165, 1.54) is 4.90 Å². The van der Waals surface area contributed by atoms with Crippen LogP contribution < -0.4 is 15.5 Å². The first-order valence-corrected chi connectivity index (χ1v) is 9.25. The lowest BCUT2D eigenvalue weighted by Gasteiger charge is -2.41. The van der Waals surface area contributed by atoms with Gasteiger partial charge in [0, 0.05) is 31.1 Å². The van der Waals surface area contributed by atoms with Crippen LogP contribution in [0.15, 0.2) is 6.07 Å². The minimum atomic E-state index is -1.22. The molecule has 2 saturated heterocycles. The molecule has 3 rings (SSSR count). The lowest BCUT2D eigenvalue weighted by Crippen LogP contribution is -2.60. The zero-order chi connectivity index (χ0) is 21.5. The molecule has 0 spiro atoms. The van der Waals surface area contributed by atoms with E-state index in [1.807, 2.05) is 5.32 Å². The Labute approximate surface area is 166 Å². The molecule has 2 aliphatic heterocycles. The van der Waals surface area contributed by atoms with Crippen LogP contribution in [0.3, 0.4) is 0 Å². The number of benzene rings is 1. The third kappa shape index (κ3) is 4.41. The normalized spacial score (nSPS) is 20.2. The molecule has 0 aliphatic carbocycles. The summed E-state index contributed by atoms with van der Waals surface area (Å²) in [7, 11) is 0. The van der Waals surface area contributed by atoms with Crippen molar-refractivity contribution in [1.82, 2.24) is 10.6 Å². The van der Waals surface area contributed by atoms with Crippen molar-refractivity contribution < 1.29 is 33.0 Å². The molecule has 2 aliphatic rings.